The number of aryl methyl sites for hydroxylation is 1. The van der Waals surface area contributed by atoms with Crippen molar-refractivity contribution in [2.45, 2.75) is 25.3 Å². The second-order valence-electron chi connectivity index (χ2n) is 6.16. The van der Waals surface area contributed by atoms with Crippen molar-refractivity contribution >= 4 is 23.2 Å². The zero-order valence-electron chi connectivity index (χ0n) is 15.3. The monoisotopic (exact) mass is 401 g/mol. The molecule has 0 bridgehead atoms. The molecule has 0 fully saturated rings. The molecule has 1 unspecified atom stereocenters. The Morgan fingerprint density at radius 2 is 2.00 bits per heavy atom. The van der Waals surface area contributed by atoms with Crippen molar-refractivity contribution in [2.24, 2.45) is 0 Å². The van der Waals surface area contributed by atoms with Gasteiger partial charge < -0.3 is 14.5 Å². The van der Waals surface area contributed by atoms with Gasteiger partial charge in [0, 0.05) is 17.7 Å². The summed E-state index contributed by atoms with van der Waals surface area (Å²) >= 11 is 1.47. The SMILES string of the molecule is COC(=O)CC(NC(=O)CCc1ccc(-c2ccccc2F)o1)c1cccs1. The molecule has 1 N–H and O–H groups in total. The fourth-order valence-corrected chi connectivity index (χ4v) is 3.56. The summed E-state index contributed by atoms with van der Waals surface area (Å²) in [6.07, 6.45) is 0.629. The molecule has 0 aliphatic heterocycles. The number of carbonyl (C=O) groups excluding carboxylic acids is 2. The lowest BCUT2D eigenvalue weighted by atomic mass is 10.1. The van der Waals surface area contributed by atoms with E-state index in [1.807, 2.05) is 17.5 Å². The van der Waals surface area contributed by atoms with E-state index in [0.717, 1.165) is 4.88 Å². The van der Waals surface area contributed by atoms with E-state index in [1.54, 1.807) is 30.3 Å². The van der Waals surface area contributed by atoms with Gasteiger partial charge in [-0.05, 0) is 35.7 Å². The van der Waals surface area contributed by atoms with Crippen LogP contribution in [0.15, 0.2) is 58.3 Å². The standard InChI is InChI=1S/C21H20FNO4S/c1-26-21(25)13-17(19-7-4-12-28-19)23-20(24)11-9-14-8-10-18(27-14)15-5-2-3-6-16(15)22/h2-8,10,12,17H,9,11,13H2,1H3,(H,23,24). The van der Waals surface area contributed by atoms with E-state index < -0.39 is 6.04 Å². The van der Waals surface area contributed by atoms with Gasteiger partial charge in [-0.25, -0.2) is 4.39 Å². The van der Waals surface area contributed by atoms with Crippen LogP contribution in [0.2, 0.25) is 0 Å². The predicted molar refractivity (Wildman–Crippen MR) is 104 cm³/mol. The number of amides is 1. The van der Waals surface area contributed by atoms with E-state index >= 15 is 0 Å². The van der Waals surface area contributed by atoms with Crippen LogP contribution in [0, 0.1) is 5.82 Å². The molecule has 0 spiro atoms. The molecule has 5 nitrogen and oxygen atoms in total. The number of esters is 1. The van der Waals surface area contributed by atoms with E-state index in [2.05, 4.69) is 5.32 Å². The molecule has 146 valence electrons. The molecule has 0 aliphatic rings. The number of hydrogen-bond acceptors (Lipinski definition) is 5. The first-order chi connectivity index (χ1) is 13.6. The van der Waals surface area contributed by atoms with Gasteiger partial charge in [0.1, 0.15) is 17.3 Å². The molecule has 3 rings (SSSR count). The highest BCUT2D eigenvalue weighted by atomic mass is 32.1. The molecule has 2 heterocycles. The van der Waals surface area contributed by atoms with Gasteiger partial charge in [0.2, 0.25) is 5.91 Å². The maximum atomic E-state index is 13.8. The van der Waals surface area contributed by atoms with Crippen LogP contribution in [0.4, 0.5) is 4.39 Å². The number of rotatable bonds is 8. The molecule has 1 atom stereocenters. The first-order valence-electron chi connectivity index (χ1n) is 8.80. The van der Waals surface area contributed by atoms with E-state index in [9.17, 15) is 14.0 Å². The van der Waals surface area contributed by atoms with Crippen molar-refractivity contribution < 1.29 is 23.1 Å². The number of methoxy groups -OCH3 is 1. The minimum Gasteiger partial charge on any atom is -0.469 e. The number of thiophene rings is 1. The number of hydrogen-bond donors (Lipinski definition) is 1. The maximum Gasteiger partial charge on any atom is 0.307 e. The minimum absolute atomic E-state index is 0.0704. The zero-order chi connectivity index (χ0) is 19.9. The van der Waals surface area contributed by atoms with Gasteiger partial charge >= 0.3 is 5.97 Å². The Bertz CT molecular complexity index is 936. The predicted octanol–water partition coefficient (Wildman–Crippen LogP) is 4.50. The first-order valence-corrected chi connectivity index (χ1v) is 9.68. The third-order valence-corrected chi connectivity index (χ3v) is 5.21. The van der Waals surface area contributed by atoms with Gasteiger partial charge in [0.05, 0.1) is 25.1 Å². The van der Waals surface area contributed by atoms with Crippen LogP contribution >= 0.6 is 11.3 Å². The van der Waals surface area contributed by atoms with E-state index in [1.165, 1.54) is 24.5 Å². The summed E-state index contributed by atoms with van der Waals surface area (Å²) in [5, 5.41) is 4.76. The smallest absolute Gasteiger partial charge is 0.307 e. The lowest BCUT2D eigenvalue weighted by Gasteiger charge is -2.16. The quantitative estimate of drug-likeness (QED) is 0.564. The van der Waals surface area contributed by atoms with E-state index in [0.29, 0.717) is 23.5 Å². The highest BCUT2D eigenvalue weighted by Gasteiger charge is 2.20. The number of carbonyl (C=O) groups is 2. The second kappa shape index (κ2) is 9.32. The van der Waals surface area contributed by atoms with Crippen molar-refractivity contribution in [2.75, 3.05) is 7.11 Å². The highest BCUT2D eigenvalue weighted by molar-refractivity contribution is 7.10. The zero-order valence-corrected chi connectivity index (χ0v) is 16.1. The van der Waals surface area contributed by atoms with Crippen LogP contribution in [-0.4, -0.2) is 19.0 Å². The molecule has 1 aromatic carbocycles. The number of nitrogens with one attached hydrogen (secondary N) is 1. The molecule has 0 saturated heterocycles. The summed E-state index contributed by atoms with van der Waals surface area (Å²) < 4.78 is 24.2. The van der Waals surface area contributed by atoms with Crippen LogP contribution < -0.4 is 5.32 Å². The fraction of sp³-hybridized carbons (Fsp3) is 0.238. The summed E-state index contributed by atoms with van der Waals surface area (Å²) in [6.45, 7) is 0. The van der Waals surface area contributed by atoms with E-state index in [4.69, 9.17) is 9.15 Å². The molecule has 3 aromatic rings. The Morgan fingerprint density at radius 1 is 1.18 bits per heavy atom. The lowest BCUT2D eigenvalue weighted by molar-refractivity contribution is -0.141. The summed E-state index contributed by atoms with van der Waals surface area (Å²) in [7, 11) is 1.32. The molecule has 2 aromatic heterocycles. The molecular formula is C21H20FNO4S. The van der Waals surface area contributed by atoms with Crippen molar-refractivity contribution in [3.05, 3.63) is 70.4 Å². The van der Waals surface area contributed by atoms with Gasteiger partial charge in [-0.2, -0.15) is 0 Å². The summed E-state index contributed by atoms with van der Waals surface area (Å²) in [6, 6.07) is 13.1. The van der Waals surface area contributed by atoms with Crippen LogP contribution in [0.1, 0.15) is 29.5 Å². The lowest BCUT2D eigenvalue weighted by Crippen LogP contribution is -2.30. The Hall–Kier alpha value is -2.93. The van der Waals surface area contributed by atoms with Crippen molar-refractivity contribution in [3.8, 4) is 11.3 Å². The molecule has 7 heteroatoms. The number of benzene rings is 1. The Labute approximate surface area is 166 Å². The average Bonchev–Trinajstić information content (AvgIpc) is 3.38. The van der Waals surface area contributed by atoms with Crippen molar-refractivity contribution in [3.63, 3.8) is 0 Å². The van der Waals surface area contributed by atoms with Crippen LogP contribution in [0.3, 0.4) is 0 Å². The van der Waals surface area contributed by atoms with Crippen LogP contribution in [0.5, 0.6) is 0 Å². The van der Waals surface area contributed by atoms with Gasteiger partial charge in [-0.1, -0.05) is 18.2 Å². The molecule has 1 amide bonds. The molecule has 28 heavy (non-hydrogen) atoms. The number of ether oxygens (including phenoxy) is 1. The highest BCUT2D eigenvalue weighted by Crippen LogP contribution is 2.26. The molecule has 0 radical (unpaired) electrons. The Balaban J connectivity index is 1.59. The Kier molecular flexibility index (Phi) is 6.60. The number of halogens is 1. The molecular weight excluding hydrogens is 381 g/mol. The van der Waals surface area contributed by atoms with Gasteiger partial charge in [0.15, 0.2) is 0 Å². The van der Waals surface area contributed by atoms with Crippen molar-refractivity contribution in [1.29, 1.82) is 0 Å². The van der Waals surface area contributed by atoms with Gasteiger partial charge in [0.25, 0.3) is 0 Å². The first kappa shape index (κ1) is 19.8. The number of furan rings is 1. The Morgan fingerprint density at radius 3 is 2.71 bits per heavy atom. The third kappa shape index (κ3) is 5.07. The summed E-state index contributed by atoms with van der Waals surface area (Å²) in [5.41, 5.74) is 0.383. The summed E-state index contributed by atoms with van der Waals surface area (Å²) in [5.74, 6) is 0.0675. The van der Waals surface area contributed by atoms with Gasteiger partial charge in [-0.3, -0.25) is 9.59 Å². The topological polar surface area (TPSA) is 68.5 Å². The average molecular weight is 401 g/mol. The third-order valence-electron chi connectivity index (χ3n) is 4.22. The molecule has 0 aliphatic carbocycles. The van der Waals surface area contributed by atoms with E-state index in [-0.39, 0.29) is 30.5 Å². The second-order valence-corrected chi connectivity index (χ2v) is 7.14. The minimum atomic E-state index is -0.425. The largest absolute Gasteiger partial charge is 0.469 e. The normalized spacial score (nSPS) is 11.8. The summed E-state index contributed by atoms with van der Waals surface area (Å²) in [4.78, 5) is 24.9. The van der Waals surface area contributed by atoms with Gasteiger partial charge in [-0.15, -0.1) is 11.3 Å². The van der Waals surface area contributed by atoms with Crippen LogP contribution in [0.25, 0.3) is 11.3 Å². The van der Waals surface area contributed by atoms with Crippen molar-refractivity contribution in [1.82, 2.24) is 5.32 Å². The van der Waals surface area contributed by atoms with Crippen LogP contribution in [-0.2, 0) is 20.7 Å². The maximum absolute atomic E-state index is 13.8. The fourth-order valence-electron chi connectivity index (χ4n) is 2.78. The molecule has 0 saturated carbocycles.